The Labute approximate surface area is 362 Å². The molecular formula is C44H47F2N9O7S. The van der Waals surface area contributed by atoms with Crippen LogP contribution in [0.1, 0.15) is 72.9 Å². The molecule has 3 saturated heterocycles. The highest BCUT2D eigenvalue weighted by molar-refractivity contribution is 7.90. The minimum Gasteiger partial charge on any atom is -0.481 e. The van der Waals surface area contributed by atoms with Crippen LogP contribution in [0, 0.1) is 11.6 Å². The molecule has 0 saturated carbocycles. The van der Waals surface area contributed by atoms with Gasteiger partial charge in [0.15, 0.2) is 11.9 Å². The van der Waals surface area contributed by atoms with Gasteiger partial charge in [0.05, 0.1) is 11.3 Å². The summed E-state index contributed by atoms with van der Waals surface area (Å²) in [5.41, 5.74) is 1.27. The first-order valence-electron chi connectivity index (χ1n) is 20.9. The molecule has 1 unspecified atom stereocenters. The smallest absolute Gasteiger partial charge is 0.317 e. The molecule has 0 radical (unpaired) electrons. The Hall–Kier alpha value is -6.47. The van der Waals surface area contributed by atoms with E-state index in [1.54, 1.807) is 25.4 Å². The number of benzene rings is 2. The van der Waals surface area contributed by atoms with E-state index >= 15 is 8.78 Å². The summed E-state index contributed by atoms with van der Waals surface area (Å²) in [4.78, 5) is 66.4. The molecule has 4 amide bonds. The molecule has 19 heteroatoms. The molecule has 2 aromatic carbocycles. The summed E-state index contributed by atoms with van der Waals surface area (Å²) in [6.45, 7) is 4.35. The van der Waals surface area contributed by atoms with Crippen LogP contribution in [0.25, 0.3) is 22.2 Å². The number of ether oxygens (including phenoxy) is 1. The molecule has 4 N–H and O–H groups in total. The van der Waals surface area contributed by atoms with Gasteiger partial charge in [-0.3, -0.25) is 24.4 Å². The van der Waals surface area contributed by atoms with Crippen molar-refractivity contribution in [1.82, 2.24) is 34.8 Å². The number of imide groups is 1. The van der Waals surface area contributed by atoms with Crippen molar-refractivity contribution in [2.75, 3.05) is 49.4 Å². The van der Waals surface area contributed by atoms with E-state index in [0.29, 0.717) is 66.4 Å². The third-order valence-corrected chi connectivity index (χ3v) is 13.6. The average molecular weight is 884 g/mol. The number of anilines is 2. The first-order chi connectivity index (χ1) is 30.3. The van der Waals surface area contributed by atoms with Crippen molar-refractivity contribution in [3.8, 4) is 16.9 Å². The Bertz CT molecular complexity index is 2650. The van der Waals surface area contributed by atoms with Crippen LogP contribution in [0.5, 0.6) is 5.75 Å². The lowest BCUT2D eigenvalue weighted by molar-refractivity contribution is -0.138. The number of fused-ring (bicyclic) bond motifs is 1. The maximum atomic E-state index is 15.6. The fraction of sp³-hybridized carbons (Fsp3) is 0.364. The van der Waals surface area contributed by atoms with Crippen LogP contribution in [-0.4, -0.2) is 108 Å². The normalized spacial score (nSPS) is 17.8. The number of nitrogens with one attached hydrogen (secondary N) is 4. The van der Waals surface area contributed by atoms with E-state index in [1.807, 2.05) is 41.3 Å². The van der Waals surface area contributed by atoms with Gasteiger partial charge in [-0.25, -0.2) is 23.5 Å². The lowest BCUT2D eigenvalue weighted by atomic mass is 9.89. The molecule has 0 spiro atoms. The third kappa shape index (κ3) is 9.34. The molecule has 6 heterocycles. The standard InChI is InChI=1S/C44H47F2N9O7S/c1-3-53(2)63(60,61)52-35-10-9-34(45)39(40(35)46)41(57)33-25-49-42-32(33)22-29(24-48-42)28-6-12-37(47-23-28)54-20-16-30(17-21-54)50-44(59)55-18-14-27(15-19-55)26-4-7-31(8-5-26)62-36-11-13-38(56)51-43(36)58/h4-10,12,22-25,27,30,36,52H,3,11,13-21H2,1-2H3,(H,48,49)(H,50,59)(H,51,56,58). The quantitative estimate of drug-likeness (QED) is 0.0919. The number of nitrogens with zero attached hydrogens (tertiary/aromatic N) is 5. The molecule has 330 valence electrons. The molecule has 5 aromatic rings. The zero-order valence-electron chi connectivity index (χ0n) is 34.7. The minimum absolute atomic E-state index is 0.0233. The molecule has 0 bridgehead atoms. The Morgan fingerprint density at radius 2 is 1.65 bits per heavy atom. The van der Waals surface area contributed by atoms with Crippen LogP contribution in [0.2, 0.25) is 0 Å². The van der Waals surface area contributed by atoms with Crippen molar-refractivity contribution < 1.29 is 41.1 Å². The van der Waals surface area contributed by atoms with Gasteiger partial charge in [0.1, 0.15) is 23.0 Å². The van der Waals surface area contributed by atoms with Crippen LogP contribution >= 0.6 is 0 Å². The number of ketones is 1. The van der Waals surface area contributed by atoms with Crippen molar-refractivity contribution in [3.05, 3.63) is 102 Å². The molecule has 16 nitrogen and oxygen atoms in total. The van der Waals surface area contributed by atoms with Crippen molar-refractivity contribution >= 4 is 56.4 Å². The summed E-state index contributed by atoms with van der Waals surface area (Å²) >= 11 is 0. The largest absolute Gasteiger partial charge is 0.481 e. The highest BCUT2D eigenvalue weighted by atomic mass is 32.2. The summed E-state index contributed by atoms with van der Waals surface area (Å²) in [5.74, 6) is -2.53. The summed E-state index contributed by atoms with van der Waals surface area (Å²) < 4.78 is 64.6. The van der Waals surface area contributed by atoms with Gasteiger partial charge >= 0.3 is 16.2 Å². The number of urea groups is 1. The van der Waals surface area contributed by atoms with Gasteiger partial charge in [-0.2, -0.15) is 12.7 Å². The van der Waals surface area contributed by atoms with Crippen LogP contribution in [0.15, 0.2) is 73.2 Å². The molecule has 3 aromatic heterocycles. The van der Waals surface area contributed by atoms with Crippen LogP contribution in [0.3, 0.4) is 0 Å². The van der Waals surface area contributed by atoms with Crippen molar-refractivity contribution in [1.29, 1.82) is 0 Å². The molecule has 3 aliphatic rings. The Kier molecular flexibility index (Phi) is 12.4. The van der Waals surface area contributed by atoms with Gasteiger partial charge in [-0.15, -0.1) is 0 Å². The molecule has 1 atom stereocenters. The van der Waals surface area contributed by atoms with Crippen LogP contribution < -0.4 is 25.0 Å². The topological polar surface area (TPSA) is 199 Å². The number of hydrogen-bond acceptors (Lipinski definition) is 10. The van der Waals surface area contributed by atoms with E-state index in [0.717, 1.165) is 53.5 Å². The third-order valence-electron chi connectivity index (χ3n) is 12.0. The van der Waals surface area contributed by atoms with E-state index in [-0.39, 0.29) is 36.5 Å². The lowest BCUT2D eigenvalue weighted by Crippen LogP contribution is -2.51. The predicted octanol–water partition coefficient (Wildman–Crippen LogP) is 5.48. The zero-order chi connectivity index (χ0) is 44.4. The number of rotatable bonds is 12. The second-order valence-corrected chi connectivity index (χ2v) is 17.7. The number of H-pyrrole nitrogens is 1. The maximum absolute atomic E-state index is 15.6. The van der Waals surface area contributed by atoms with E-state index < -0.39 is 50.9 Å². The number of pyridine rings is 2. The summed E-state index contributed by atoms with van der Waals surface area (Å²) in [6.07, 6.45) is 7.68. The van der Waals surface area contributed by atoms with E-state index in [2.05, 4.69) is 30.2 Å². The van der Waals surface area contributed by atoms with Gasteiger partial charge in [-0.1, -0.05) is 19.1 Å². The van der Waals surface area contributed by atoms with Crippen molar-refractivity contribution in [3.63, 3.8) is 0 Å². The Morgan fingerprint density at radius 3 is 2.33 bits per heavy atom. The molecule has 3 fully saturated rings. The Balaban J connectivity index is 0.833. The maximum Gasteiger partial charge on any atom is 0.317 e. The number of carbonyl (C=O) groups excluding carboxylic acids is 4. The number of halogens is 2. The van der Waals surface area contributed by atoms with E-state index in [1.165, 1.54) is 13.2 Å². The minimum atomic E-state index is -4.15. The number of carbonyl (C=O) groups is 4. The number of piperidine rings is 3. The molecular weight excluding hydrogens is 837 g/mol. The number of aromatic nitrogens is 3. The van der Waals surface area contributed by atoms with E-state index in [4.69, 9.17) is 9.72 Å². The highest BCUT2D eigenvalue weighted by Gasteiger charge is 2.31. The average Bonchev–Trinajstić information content (AvgIpc) is 3.72. The van der Waals surface area contributed by atoms with E-state index in [9.17, 15) is 27.6 Å². The lowest BCUT2D eigenvalue weighted by Gasteiger charge is -2.36. The van der Waals surface area contributed by atoms with Crippen LogP contribution in [0.4, 0.5) is 25.1 Å². The van der Waals surface area contributed by atoms with Gasteiger partial charge in [0, 0.05) is 99.3 Å². The van der Waals surface area contributed by atoms with Gasteiger partial charge in [-0.05, 0) is 79.6 Å². The SMILES string of the molecule is CCN(C)S(=O)(=O)Nc1ccc(F)c(C(=O)c2c[nH]c3ncc(-c4ccc(N5CCC(NC(=O)N6CCC(c7ccc(OC8CCC(=O)NC8=O)cc7)CC6)CC5)nc4)cc23)c1F. The number of aromatic amines is 1. The fourth-order valence-electron chi connectivity index (χ4n) is 8.16. The molecule has 0 aliphatic carbocycles. The first kappa shape index (κ1) is 43.2. The molecule has 63 heavy (non-hydrogen) atoms. The Morgan fingerprint density at radius 1 is 0.921 bits per heavy atom. The fourth-order valence-corrected chi connectivity index (χ4v) is 9.09. The monoisotopic (exact) mass is 883 g/mol. The zero-order valence-corrected chi connectivity index (χ0v) is 35.5. The number of amides is 4. The molecule has 3 aliphatic heterocycles. The number of hydrogen-bond donors (Lipinski definition) is 4. The second-order valence-electron chi connectivity index (χ2n) is 16.0. The summed E-state index contributed by atoms with van der Waals surface area (Å²) in [5, 5.41) is 5.85. The highest BCUT2D eigenvalue weighted by Crippen LogP contribution is 2.32. The molecule has 8 rings (SSSR count). The summed E-state index contributed by atoms with van der Waals surface area (Å²) in [7, 11) is -2.85. The predicted molar refractivity (Wildman–Crippen MR) is 231 cm³/mol. The summed E-state index contributed by atoms with van der Waals surface area (Å²) in [6, 6.07) is 14.9. The van der Waals surface area contributed by atoms with Gasteiger partial charge in [0.25, 0.3) is 5.91 Å². The van der Waals surface area contributed by atoms with Crippen LogP contribution in [-0.2, 0) is 19.8 Å². The van der Waals surface area contributed by atoms with Crippen molar-refractivity contribution in [2.45, 2.75) is 63.5 Å². The first-order valence-corrected chi connectivity index (χ1v) is 22.3. The van der Waals surface area contributed by atoms with Gasteiger partial charge in [0.2, 0.25) is 11.7 Å². The number of likely N-dealkylation sites (tertiary alicyclic amines) is 1. The van der Waals surface area contributed by atoms with Gasteiger partial charge < -0.3 is 24.8 Å². The second kappa shape index (κ2) is 18.1. The van der Waals surface area contributed by atoms with Crippen molar-refractivity contribution in [2.24, 2.45) is 0 Å².